The van der Waals surface area contributed by atoms with Crippen molar-refractivity contribution in [3.05, 3.63) is 28.0 Å². The molecule has 1 aliphatic heterocycles. The van der Waals surface area contributed by atoms with E-state index in [-0.39, 0.29) is 4.47 Å². The first-order valence-corrected chi connectivity index (χ1v) is 9.07. The van der Waals surface area contributed by atoms with Crippen LogP contribution in [0, 0.1) is 5.82 Å². The van der Waals surface area contributed by atoms with Gasteiger partial charge < -0.3 is 10.1 Å². The van der Waals surface area contributed by atoms with Crippen molar-refractivity contribution in [2.75, 3.05) is 13.2 Å². The molecular formula is C12H12BrClFNO4S. The maximum Gasteiger partial charge on any atom is 0.264 e. The first-order valence-electron chi connectivity index (χ1n) is 5.96. The van der Waals surface area contributed by atoms with Crippen molar-refractivity contribution in [2.24, 2.45) is 0 Å². The minimum atomic E-state index is -4.29. The molecule has 1 aliphatic rings. The zero-order valence-corrected chi connectivity index (χ0v) is 14.1. The molecule has 1 aromatic carbocycles. The lowest BCUT2D eigenvalue weighted by Crippen LogP contribution is -2.46. The smallest absolute Gasteiger partial charge is 0.264 e. The average molecular weight is 401 g/mol. The summed E-state index contributed by atoms with van der Waals surface area (Å²) >= 11 is 3.04. The highest BCUT2D eigenvalue weighted by Gasteiger charge is 2.33. The second kappa shape index (κ2) is 5.83. The maximum atomic E-state index is 14.2. The second-order valence-electron chi connectivity index (χ2n) is 5.02. The number of halogens is 3. The van der Waals surface area contributed by atoms with Crippen molar-refractivity contribution in [2.45, 2.75) is 23.8 Å². The third-order valence-electron chi connectivity index (χ3n) is 3.15. The Morgan fingerprint density at radius 3 is 2.71 bits per heavy atom. The van der Waals surface area contributed by atoms with Gasteiger partial charge in [-0.25, -0.2) is 12.8 Å². The van der Waals surface area contributed by atoms with Gasteiger partial charge in [-0.1, -0.05) is 15.9 Å². The van der Waals surface area contributed by atoms with Gasteiger partial charge >= 0.3 is 0 Å². The highest BCUT2D eigenvalue weighted by atomic mass is 79.9. The first-order chi connectivity index (χ1) is 9.62. The van der Waals surface area contributed by atoms with E-state index in [9.17, 15) is 17.6 Å². The van der Waals surface area contributed by atoms with E-state index >= 15 is 0 Å². The Labute approximate surface area is 134 Å². The van der Waals surface area contributed by atoms with Crippen molar-refractivity contribution >= 4 is 41.6 Å². The van der Waals surface area contributed by atoms with Crippen LogP contribution in [0.5, 0.6) is 0 Å². The summed E-state index contributed by atoms with van der Waals surface area (Å²) in [5.74, 6) is -1.89. The summed E-state index contributed by atoms with van der Waals surface area (Å²) in [6.45, 7) is 2.58. The number of rotatable bonds is 3. The Hall–Kier alpha value is -0.700. The van der Waals surface area contributed by atoms with E-state index in [1.165, 1.54) is 6.07 Å². The predicted molar refractivity (Wildman–Crippen MR) is 78.4 cm³/mol. The molecule has 1 N–H and O–H groups in total. The molecule has 1 heterocycles. The Morgan fingerprint density at radius 2 is 2.19 bits per heavy atom. The molecule has 21 heavy (non-hydrogen) atoms. The number of benzene rings is 1. The van der Waals surface area contributed by atoms with Crippen LogP contribution in [-0.4, -0.2) is 33.1 Å². The highest BCUT2D eigenvalue weighted by Crippen LogP contribution is 2.27. The number of hydrogen-bond donors (Lipinski definition) is 1. The monoisotopic (exact) mass is 399 g/mol. The fraction of sp³-hybridized carbons (Fsp3) is 0.417. The van der Waals surface area contributed by atoms with Crippen LogP contribution in [0.1, 0.15) is 23.7 Å². The number of nitrogens with one attached hydrogen (secondary N) is 1. The van der Waals surface area contributed by atoms with Gasteiger partial charge in [0, 0.05) is 21.8 Å². The Balaban J connectivity index is 2.40. The van der Waals surface area contributed by atoms with E-state index in [1.54, 1.807) is 6.92 Å². The summed E-state index contributed by atoms with van der Waals surface area (Å²) in [7, 11) is 0.878. The van der Waals surface area contributed by atoms with E-state index in [1.807, 2.05) is 0 Å². The fourth-order valence-electron chi connectivity index (χ4n) is 2.01. The zero-order chi connectivity index (χ0) is 15.8. The molecule has 0 aromatic heterocycles. The SMILES string of the molecule is CC1(NC(=O)c2cc(Br)cc(S(=O)(=O)Cl)c2F)CCOC1. The molecule has 1 aromatic rings. The van der Waals surface area contributed by atoms with Gasteiger partial charge in [-0.15, -0.1) is 0 Å². The molecule has 2 rings (SSSR count). The molecule has 116 valence electrons. The van der Waals surface area contributed by atoms with Crippen LogP contribution >= 0.6 is 26.6 Å². The van der Waals surface area contributed by atoms with Crippen LogP contribution in [0.4, 0.5) is 4.39 Å². The second-order valence-corrected chi connectivity index (χ2v) is 8.47. The van der Waals surface area contributed by atoms with E-state index in [0.717, 1.165) is 6.07 Å². The molecule has 1 unspecified atom stereocenters. The minimum absolute atomic E-state index is 0.237. The van der Waals surface area contributed by atoms with Crippen molar-refractivity contribution in [3.63, 3.8) is 0 Å². The average Bonchev–Trinajstić information content (AvgIpc) is 2.76. The molecule has 1 amide bonds. The summed E-state index contributed by atoms with van der Waals surface area (Å²) in [5.41, 5.74) is -0.997. The summed E-state index contributed by atoms with van der Waals surface area (Å²) in [6, 6.07) is 2.21. The Morgan fingerprint density at radius 1 is 1.52 bits per heavy atom. The minimum Gasteiger partial charge on any atom is -0.379 e. The number of carbonyl (C=O) groups is 1. The van der Waals surface area contributed by atoms with E-state index in [0.29, 0.717) is 19.6 Å². The molecule has 0 spiro atoms. The van der Waals surface area contributed by atoms with Gasteiger partial charge in [-0.05, 0) is 25.5 Å². The Kier molecular flexibility index (Phi) is 4.63. The summed E-state index contributed by atoms with van der Waals surface area (Å²) in [5, 5.41) is 2.66. The molecule has 9 heteroatoms. The number of ether oxygens (including phenoxy) is 1. The molecule has 0 radical (unpaired) electrons. The van der Waals surface area contributed by atoms with Crippen molar-refractivity contribution in [1.29, 1.82) is 0 Å². The molecule has 5 nitrogen and oxygen atoms in total. The number of hydrogen-bond acceptors (Lipinski definition) is 4. The van der Waals surface area contributed by atoms with Crippen molar-refractivity contribution < 1.29 is 22.3 Å². The molecule has 0 bridgehead atoms. The zero-order valence-electron chi connectivity index (χ0n) is 11.0. The standard InChI is InChI=1S/C12H12BrClFNO4S/c1-12(2-3-20-6-12)16-11(17)8-4-7(13)5-9(10(8)15)21(14,18)19/h4-5H,2-3,6H2,1H3,(H,16,17). The van der Waals surface area contributed by atoms with E-state index in [4.69, 9.17) is 15.4 Å². The van der Waals surface area contributed by atoms with Gasteiger partial charge in [0.1, 0.15) is 4.90 Å². The van der Waals surface area contributed by atoms with Crippen LogP contribution in [0.2, 0.25) is 0 Å². The number of amides is 1. The van der Waals surface area contributed by atoms with E-state index < -0.39 is 36.8 Å². The van der Waals surface area contributed by atoms with Gasteiger partial charge in [0.15, 0.2) is 5.82 Å². The lowest BCUT2D eigenvalue weighted by Gasteiger charge is -2.23. The maximum absolute atomic E-state index is 14.2. The van der Waals surface area contributed by atoms with Gasteiger partial charge in [0.2, 0.25) is 0 Å². The Bertz CT molecular complexity index is 689. The summed E-state index contributed by atoms with van der Waals surface area (Å²) in [6.07, 6.45) is 0.592. The highest BCUT2D eigenvalue weighted by molar-refractivity contribution is 9.10. The van der Waals surface area contributed by atoms with Crippen molar-refractivity contribution in [1.82, 2.24) is 5.32 Å². The third kappa shape index (κ3) is 3.74. The van der Waals surface area contributed by atoms with Gasteiger partial charge in [0.25, 0.3) is 15.0 Å². The van der Waals surface area contributed by atoms with Crippen LogP contribution in [0.15, 0.2) is 21.5 Å². The molecule has 1 fully saturated rings. The summed E-state index contributed by atoms with van der Waals surface area (Å²) < 4.78 is 42.3. The lowest BCUT2D eigenvalue weighted by atomic mass is 10.0. The van der Waals surface area contributed by atoms with Crippen LogP contribution in [-0.2, 0) is 13.8 Å². The largest absolute Gasteiger partial charge is 0.379 e. The van der Waals surface area contributed by atoms with Crippen LogP contribution in [0.3, 0.4) is 0 Å². The van der Waals surface area contributed by atoms with Gasteiger partial charge in [-0.2, -0.15) is 0 Å². The lowest BCUT2D eigenvalue weighted by molar-refractivity contribution is 0.0885. The quantitative estimate of drug-likeness (QED) is 0.791. The molecular weight excluding hydrogens is 389 g/mol. The van der Waals surface area contributed by atoms with Crippen LogP contribution < -0.4 is 5.32 Å². The topological polar surface area (TPSA) is 72.5 Å². The van der Waals surface area contributed by atoms with Gasteiger partial charge in [0.05, 0.1) is 17.7 Å². The fourth-order valence-corrected chi connectivity index (χ4v) is 3.55. The third-order valence-corrected chi connectivity index (χ3v) is 4.92. The summed E-state index contributed by atoms with van der Waals surface area (Å²) in [4.78, 5) is 11.5. The number of carbonyl (C=O) groups excluding carboxylic acids is 1. The first kappa shape index (κ1) is 16.7. The van der Waals surface area contributed by atoms with Gasteiger partial charge in [-0.3, -0.25) is 4.79 Å². The molecule has 1 atom stereocenters. The molecule has 1 saturated heterocycles. The van der Waals surface area contributed by atoms with Crippen molar-refractivity contribution in [3.8, 4) is 0 Å². The van der Waals surface area contributed by atoms with Crippen LogP contribution in [0.25, 0.3) is 0 Å². The van der Waals surface area contributed by atoms with E-state index in [2.05, 4.69) is 21.2 Å². The molecule has 0 saturated carbocycles. The predicted octanol–water partition coefficient (Wildman–Crippen LogP) is 2.42. The normalized spacial score (nSPS) is 22.3. The molecule has 0 aliphatic carbocycles.